The molecule has 38 heavy (non-hydrogen) atoms. The van der Waals surface area contributed by atoms with Crippen LogP contribution in [-0.4, -0.2) is 29.1 Å². The summed E-state index contributed by atoms with van der Waals surface area (Å²) in [6, 6.07) is 36.2. The highest BCUT2D eigenvalue weighted by Crippen LogP contribution is 2.46. The number of aryl methyl sites for hydroxylation is 1. The SMILES string of the molecule is Clc1cc(Br)c2c(c1)C1=C(CN(Cc3ccccc3)CN1Cc1ccccc1)C(CCc1ccccc1)O2. The number of benzene rings is 4. The molecule has 3 nitrogen and oxygen atoms in total. The van der Waals surface area contributed by atoms with Gasteiger partial charge in [0.25, 0.3) is 0 Å². The Morgan fingerprint density at radius 1 is 0.789 bits per heavy atom. The number of nitrogens with zero attached hydrogens (tertiary/aromatic N) is 2. The molecule has 1 unspecified atom stereocenters. The van der Waals surface area contributed by atoms with Crippen molar-refractivity contribution in [3.05, 3.63) is 140 Å². The molecule has 4 aromatic rings. The molecule has 0 amide bonds. The zero-order valence-corrected chi connectivity index (χ0v) is 23.5. The van der Waals surface area contributed by atoms with Gasteiger partial charge in [0.1, 0.15) is 11.9 Å². The van der Waals surface area contributed by atoms with Crippen LogP contribution in [-0.2, 0) is 19.5 Å². The lowest BCUT2D eigenvalue weighted by molar-refractivity contribution is 0.128. The van der Waals surface area contributed by atoms with Crippen molar-refractivity contribution in [3.8, 4) is 5.75 Å². The van der Waals surface area contributed by atoms with E-state index in [1.54, 1.807) is 0 Å². The predicted molar refractivity (Wildman–Crippen MR) is 159 cm³/mol. The summed E-state index contributed by atoms with van der Waals surface area (Å²) in [7, 11) is 0. The Bertz CT molecular complexity index is 1430. The smallest absolute Gasteiger partial charge is 0.143 e. The van der Waals surface area contributed by atoms with E-state index in [1.165, 1.54) is 28.0 Å². The lowest BCUT2D eigenvalue weighted by Gasteiger charge is -2.45. The summed E-state index contributed by atoms with van der Waals surface area (Å²) in [6.07, 6.45) is 1.85. The summed E-state index contributed by atoms with van der Waals surface area (Å²) in [5.41, 5.74) is 7.61. The fourth-order valence-corrected chi connectivity index (χ4v) is 6.51. The lowest BCUT2D eigenvalue weighted by atomic mass is 9.91. The Morgan fingerprint density at radius 3 is 2.05 bits per heavy atom. The summed E-state index contributed by atoms with van der Waals surface area (Å²) in [6.45, 7) is 3.40. The van der Waals surface area contributed by atoms with Crippen LogP contribution in [0.2, 0.25) is 5.02 Å². The van der Waals surface area contributed by atoms with Crippen LogP contribution in [0, 0.1) is 0 Å². The minimum Gasteiger partial charge on any atom is -0.484 e. The summed E-state index contributed by atoms with van der Waals surface area (Å²) in [5.74, 6) is 0.890. The normalized spacial score (nSPS) is 17.1. The van der Waals surface area contributed by atoms with Crippen LogP contribution in [0.3, 0.4) is 0 Å². The molecule has 2 aliphatic rings. The molecule has 0 N–H and O–H groups in total. The molecule has 0 aliphatic carbocycles. The molecule has 0 saturated heterocycles. The van der Waals surface area contributed by atoms with Crippen molar-refractivity contribution >= 4 is 33.2 Å². The quantitative estimate of drug-likeness (QED) is 0.217. The monoisotopic (exact) mass is 584 g/mol. The van der Waals surface area contributed by atoms with Crippen molar-refractivity contribution in [2.75, 3.05) is 13.2 Å². The lowest BCUT2D eigenvalue weighted by Crippen LogP contribution is -2.47. The molecule has 0 radical (unpaired) electrons. The van der Waals surface area contributed by atoms with Gasteiger partial charge in [-0.15, -0.1) is 0 Å². The van der Waals surface area contributed by atoms with E-state index in [9.17, 15) is 0 Å². The third kappa shape index (κ3) is 5.54. The molecule has 2 heterocycles. The molecule has 0 spiro atoms. The van der Waals surface area contributed by atoms with Crippen LogP contribution in [0.1, 0.15) is 28.7 Å². The largest absolute Gasteiger partial charge is 0.484 e. The summed E-state index contributed by atoms with van der Waals surface area (Å²) >= 11 is 10.4. The van der Waals surface area contributed by atoms with Crippen LogP contribution in [0.4, 0.5) is 0 Å². The second-order valence-corrected chi connectivity index (χ2v) is 11.4. The number of rotatable bonds is 7. The average Bonchev–Trinajstić information content (AvgIpc) is 2.93. The molecule has 6 rings (SSSR count). The van der Waals surface area contributed by atoms with E-state index in [1.807, 2.05) is 6.07 Å². The zero-order chi connectivity index (χ0) is 25.9. The first kappa shape index (κ1) is 25.2. The van der Waals surface area contributed by atoms with Gasteiger partial charge in [-0.05, 0) is 57.6 Å². The Hall–Kier alpha value is -3.05. The third-order valence-electron chi connectivity index (χ3n) is 7.30. The van der Waals surface area contributed by atoms with E-state index < -0.39 is 0 Å². The second-order valence-electron chi connectivity index (χ2n) is 10.1. The van der Waals surface area contributed by atoms with Crippen molar-refractivity contribution in [3.63, 3.8) is 0 Å². The van der Waals surface area contributed by atoms with Gasteiger partial charge in [0.2, 0.25) is 0 Å². The number of halogens is 2. The molecule has 1 atom stereocenters. The van der Waals surface area contributed by atoms with Gasteiger partial charge in [-0.25, -0.2) is 0 Å². The predicted octanol–water partition coefficient (Wildman–Crippen LogP) is 8.18. The van der Waals surface area contributed by atoms with Gasteiger partial charge in [0.15, 0.2) is 0 Å². The molecule has 0 aromatic heterocycles. The molecule has 2 aliphatic heterocycles. The molecule has 0 fully saturated rings. The Morgan fingerprint density at radius 2 is 1.39 bits per heavy atom. The maximum absolute atomic E-state index is 6.79. The van der Waals surface area contributed by atoms with Gasteiger partial charge < -0.3 is 9.64 Å². The van der Waals surface area contributed by atoms with Gasteiger partial charge >= 0.3 is 0 Å². The minimum atomic E-state index is -0.0213. The number of fused-ring (bicyclic) bond motifs is 2. The van der Waals surface area contributed by atoms with E-state index in [0.29, 0.717) is 5.02 Å². The first-order valence-corrected chi connectivity index (χ1v) is 14.3. The van der Waals surface area contributed by atoms with E-state index in [-0.39, 0.29) is 6.10 Å². The Kier molecular flexibility index (Phi) is 7.55. The Labute approximate surface area is 238 Å². The highest BCUT2D eigenvalue weighted by Gasteiger charge is 2.37. The van der Waals surface area contributed by atoms with Crippen molar-refractivity contribution in [1.82, 2.24) is 9.80 Å². The molecule has 192 valence electrons. The van der Waals surface area contributed by atoms with Crippen LogP contribution in [0.25, 0.3) is 5.70 Å². The van der Waals surface area contributed by atoms with Crippen molar-refractivity contribution < 1.29 is 4.74 Å². The molecule has 0 saturated carbocycles. The average molecular weight is 586 g/mol. The van der Waals surface area contributed by atoms with E-state index in [4.69, 9.17) is 16.3 Å². The number of hydrogen-bond donors (Lipinski definition) is 0. The van der Waals surface area contributed by atoms with Crippen molar-refractivity contribution in [2.45, 2.75) is 32.0 Å². The van der Waals surface area contributed by atoms with Crippen molar-refractivity contribution in [2.24, 2.45) is 0 Å². The summed E-state index contributed by atoms with van der Waals surface area (Å²) in [4.78, 5) is 5.04. The van der Waals surface area contributed by atoms with Gasteiger partial charge in [0.05, 0.1) is 16.8 Å². The van der Waals surface area contributed by atoms with Gasteiger partial charge in [-0.1, -0.05) is 103 Å². The first-order chi connectivity index (χ1) is 18.6. The Balaban J connectivity index is 1.42. The maximum Gasteiger partial charge on any atom is 0.143 e. The maximum atomic E-state index is 6.79. The van der Waals surface area contributed by atoms with E-state index >= 15 is 0 Å². The highest BCUT2D eigenvalue weighted by atomic mass is 79.9. The first-order valence-electron chi connectivity index (χ1n) is 13.1. The summed E-state index contributed by atoms with van der Waals surface area (Å²) < 4.78 is 7.69. The molecule has 5 heteroatoms. The molecular formula is C33H30BrClN2O. The highest BCUT2D eigenvalue weighted by molar-refractivity contribution is 9.10. The number of ether oxygens (including phenoxy) is 1. The van der Waals surface area contributed by atoms with Gasteiger partial charge in [0, 0.05) is 35.8 Å². The molecule has 0 bridgehead atoms. The molecular weight excluding hydrogens is 556 g/mol. The van der Waals surface area contributed by atoms with E-state index in [0.717, 1.165) is 54.9 Å². The van der Waals surface area contributed by atoms with Crippen LogP contribution >= 0.6 is 27.5 Å². The van der Waals surface area contributed by atoms with E-state index in [2.05, 4.69) is 123 Å². The van der Waals surface area contributed by atoms with Crippen LogP contribution < -0.4 is 4.74 Å². The van der Waals surface area contributed by atoms with Crippen LogP contribution in [0.5, 0.6) is 5.75 Å². The second kappa shape index (κ2) is 11.4. The minimum absolute atomic E-state index is 0.0213. The zero-order valence-electron chi connectivity index (χ0n) is 21.2. The van der Waals surface area contributed by atoms with Gasteiger partial charge in [-0.3, -0.25) is 4.90 Å². The topological polar surface area (TPSA) is 15.7 Å². The number of hydrogen-bond acceptors (Lipinski definition) is 3. The standard InChI is InChI=1S/C33H30BrClN2O/c34-30-19-27(35)18-28-32-29(31(38-33(28)30)17-16-24-10-4-1-5-11-24)22-36(20-25-12-6-2-7-13-25)23-37(32)21-26-14-8-3-9-15-26/h1-15,18-19,31H,16-17,20-23H2. The molecule has 4 aromatic carbocycles. The fraction of sp³-hybridized carbons (Fsp3) is 0.212. The van der Waals surface area contributed by atoms with Crippen LogP contribution in [0.15, 0.2) is 113 Å². The fourth-order valence-electron chi connectivity index (χ4n) is 5.60. The van der Waals surface area contributed by atoms with Crippen molar-refractivity contribution in [1.29, 1.82) is 0 Å². The van der Waals surface area contributed by atoms with Gasteiger partial charge in [-0.2, -0.15) is 0 Å². The summed E-state index contributed by atoms with van der Waals surface area (Å²) in [5, 5.41) is 0.709. The third-order valence-corrected chi connectivity index (χ3v) is 8.11.